The van der Waals surface area contributed by atoms with Gasteiger partial charge < -0.3 is 38.1 Å². The maximum Gasteiger partial charge on any atom is 0.233 e. The van der Waals surface area contributed by atoms with E-state index in [0.717, 1.165) is 18.5 Å². The number of nitrogens with two attached hydrogens (primary N) is 4. The van der Waals surface area contributed by atoms with Crippen molar-refractivity contribution < 1.29 is 4.79 Å². The Balaban J connectivity index is 1.67. The first kappa shape index (κ1) is 22.3. The van der Waals surface area contributed by atoms with E-state index in [0.29, 0.717) is 49.6 Å². The molecule has 0 bridgehead atoms. The molecule has 172 valence electrons. The Morgan fingerprint density at radius 3 is 2.22 bits per heavy atom. The van der Waals surface area contributed by atoms with Crippen LogP contribution in [-0.4, -0.2) is 71.1 Å². The van der Waals surface area contributed by atoms with E-state index in [2.05, 4.69) is 15.3 Å². The molecule has 11 nitrogen and oxygen atoms in total. The molecule has 2 aliphatic rings. The molecule has 0 unspecified atom stereocenters. The van der Waals surface area contributed by atoms with Crippen LogP contribution in [0.1, 0.15) is 30.1 Å². The first-order valence-electron chi connectivity index (χ1n) is 10.9. The lowest BCUT2D eigenvalue weighted by molar-refractivity contribution is 0.101. The molecule has 4 rings (SSSR count). The monoisotopic (exact) mass is 440 g/mol. The number of ketones is 1. The fourth-order valence-corrected chi connectivity index (χ4v) is 4.36. The molecule has 2 saturated heterocycles. The normalized spacial score (nSPS) is 25.8. The minimum Gasteiger partial charge on any atom is -0.338 e. The van der Waals surface area contributed by atoms with Gasteiger partial charge in [-0.3, -0.25) is 4.79 Å². The molecule has 0 amide bonds. The molecule has 2 aromatic rings. The largest absolute Gasteiger partial charge is 0.338 e. The Bertz CT molecular complexity index is 942. The van der Waals surface area contributed by atoms with Crippen LogP contribution in [0.25, 0.3) is 0 Å². The van der Waals surface area contributed by atoms with Crippen LogP contribution in [-0.2, 0) is 0 Å². The average molecular weight is 441 g/mol. The van der Waals surface area contributed by atoms with Crippen LogP contribution in [0.5, 0.6) is 0 Å². The van der Waals surface area contributed by atoms with Crippen LogP contribution in [0.2, 0.25) is 0 Å². The van der Waals surface area contributed by atoms with Gasteiger partial charge in [0.05, 0.1) is 0 Å². The van der Waals surface area contributed by atoms with E-state index in [1.807, 2.05) is 21.9 Å². The fourth-order valence-electron chi connectivity index (χ4n) is 4.36. The zero-order valence-electron chi connectivity index (χ0n) is 18.3. The number of hydrogen-bond donors (Lipinski definition) is 5. The number of carbonyl (C=O) groups is 1. The highest BCUT2D eigenvalue weighted by Crippen LogP contribution is 2.26. The van der Waals surface area contributed by atoms with Gasteiger partial charge in [0.2, 0.25) is 17.8 Å². The molecular weight excluding hydrogens is 408 g/mol. The Morgan fingerprint density at radius 1 is 0.969 bits per heavy atom. The maximum atomic E-state index is 11.6. The van der Waals surface area contributed by atoms with Crippen molar-refractivity contribution in [2.45, 2.75) is 43.9 Å². The molecule has 1 aromatic carbocycles. The zero-order valence-corrected chi connectivity index (χ0v) is 18.3. The first-order valence-corrected chi connectivity index (χ1v) is 10.9. The molecule has 0 aliphatic carbocycles. The third kappa shape index (κ3) is 4.96. The summed E-state index contributed by atoms with van der Waals surface area (Å²) in [7, 11) is 0. The van der Waals surface area contributed by atoms with Gasteiger partial charge in [-0.1, -0.05) is 0 Å². The van der Waals surface area contributed by atoms with Crippen molar-refractivity contribution in [3.8, 4) is 0 Å². The number of Topliss-reactive ketones (excluding diaryl/α,β-unsaturated/α-hetero) is 1. The van der Waals surface area contributed by atoms with Gasteiger partial charge in [0, 0.05) is 61.6 Å². The second-order valence-electron chi connectivity index (χ2n) is 8.72. The average Bonchev–Trinajstić information content (AvgIpc) is 3.14. The van der Waals surface area contributed by atoms with Crippen molar-refractivity contribution in [3.63, 3.8) is 0 Å². The third-order valence-electron chi connectivity index (χ3n) is 5.93. The molecule has 2 aliphatic heterocycles. The summed E-state index contributed by atoms with van der Waals surface area (Å²) in [6.07, 6.45) is 1.55. The van der Waals surface area contributed by atoms with Gasteiger partial charge in [-0.25, -0.2) is 0 Å². The highest BCUT2D eigenvalue weighted by atomic mass is 16.1. The molecular formula is C21H32N10O. The summed E-state index contributed by atoms with van der Waals surface area (Å²) in [4.78, 5) is 29.7. The van der Waals surface area contributed by atoms with Crippen LogP contribution in [0, 0.1) is 0 Å². The van der Waals surface area contributed by atoms with Gasteiger partial charge in [0.1, 0.15) is 0 Å². The number of piperidine rings is 1. The molecule has 2 fully saturated rings. The van der Waals surface area contributed by atoms with Crippen molar-refractivity contribution in [1.82, 2.24) is 15.0 Å². The van der Waals surface area contributed by atoms with E-state index in [9.17, 15) is 4.79 Å². The topological polar surface area (TPSA) is 178 Å². The Labute approximate surface area is 187 Å². The number of nitrogens with zero attached hydrogens (tertiary/aromatic N) is 5. The van der Waals surface area contributed by atoms with Gasteiger partial charge in [0.25, 0.3) is 0 Å². The SMILES string of the molecule is CC(=O)c1ccc(Nc2nc(N3C[C@H](N)C[C@H](N)C3)nc(N3C[C@@H](N)C[C@H]3CN)n2)cc1. The van der Waals surface area contributed by atoms with Gasteiger partial charge >= 0.3 is 0 Å². The highest BCUT2D eigenvalue weighted by Gasteiger charge is 2.32. The van der Waals surface area contributed by atoms with Crippen LogP contribution >= 0.6 is 0 Å². The lowest BCUT2D eigenvalue weighted by atomic mass is 10.0. The van der Waals surface area contributed by atoms with Gasteiger partial charge in [-0.2, -0.15) is 15.0 Å². The van der Waals surface area contributed by atoms with Crippen molar-refractivity contribution in [1.29, 1.82) is 0 Å². The van der Waals surface area contributed by atoms with E-state index >= 15 is 0 Å². The van der Waals surface area contributed by atoms with Crippen molar-refractivity contribution in [3.05, 3.63) is 29.8 Å². The summed E-state index contributed by atoms with van der Waals surface area (Å²) in [5, 5.41) is 3.23. The first-order chi connectivity index (χ1) is 15.3. The number of aromatic nitrogens is 3. The smallest absolute Gasteiger partial charge is 0.233 e. The molecule has 1 aromatic heterocycles. The second kappa shape index (κ2) is 9.33. The van der Waals surface area contributed by atoms with E-state index in [-0.39, 0.29) is 30.0 Å². The molecule has 32 heavy (non-hydrogen) atoms. The lowest BCUT2D eigenvalue weighted by Gasteiger charge is -2.35. The van der Waals surface area contributed by atoms with Crippen LogP contribution in [0.4, 0.5) is 23.5 Å². The Hall–Kier alpha value is -2.86. The van der Waals surface area contributed by atoms with E-state index in [4.69, 9.17) is 27.9 Å². The van der Waals surface area contributed by atoms with Crippen LogP contribution in [0.15, 0.2) is 24.3 Å². The summed E-state index contributed by atoms with van der Waals surface area (Å²) in [6, 6.07) is 7.14. The summed E-state index contributed by atoms with van der Waals surface area (Å²) in [5.41, 5.74) is 26.0. The van der Waals surface area contributed by atoms with E-state index in [1.165, 1.54) is 6.92 Å². The molecule has 3 heterocycles. The molecule has 4 atom stereocenters. The quantitative estimate of drug-likeness (QED) is 0.367. The minimum absolute atomic E-state index is 0.0103. The van der Waals surface area contributed by atoms with Crippen LogP contribution in [0.3, 0.4) is 0 Å². The minimum atomic E-state index is -0.0495. The Morgan fingerprint density at radius 2 is 1.59 bits per heavy atom. The number of carbonyl (C=O) groups excluding carboxylic acids is 1. The number of anilines is 4. The molecule has 11 heteroatoms. The molecule has 0 radical (unpaired) electrons. The molecule has 0 spiro atoms. The zero-order chi connectivity index (χ0) is 22.8. The van der Waals surface area contributed by atoms with Crippen molar-refractivity contribution in [2.75, 3.05) is 41.3 Å². The van der Waals surface area contributed by atoms with E-state index in [1.54, 1.807) is 12.1 Å². The number of hydrogen-bond acceptors (Lipinski definition) is 11. The second-order valence-corrected chi connectivity index (χ2v) is 8.72. The number of rotatable bonds is 6. The maximum absolute atomic E-state index is 11.6. The third-order valence-corrected chi connectivity index (χ3v) is 5.93. The summed E-state index contributed by atoms with van der Waals surface area (Å²) >= 11 is 0. The van der Waals surface area contributed by atoms with Crippen molar-refractivity contribution >= 4 is 29.3 Å². The Kier molecular flexibility index (Phi) is 6.51. The summed E-state index contributed by atoms with van der Waals surface area (Å²) < 4.78 is 0. The highest BCUT2D eigenvalue weighted by molar-refractivity contribution is 5.94. The van der Waals surface area contributed by atoms with Gasteiger partial charge in [-0.15, -0.1) is 0 Å². The summed E-state index contributed by atoms with van der Waals surface area (Å²) in [5.74, 6) is 1.44. The van der Waals surface area contributed by atoms with Crippen LogP contribution < -0.4 is 38.1 Å². The number of benzene rings is 1. The molecule has 0 saturated carbocycles. The van der Waals surface area contributed by atoms with Gasteiger partial charge in [-0.05, 0) is 44.0 Å². The predicted molar refractivity (Wildman–Crippen MR) is 125 cm³/mol. The standard InChI is InChI=1S/C21H32N10O/c1-12(32)13-2-4-17(5-3-13)26-19-27-20(30-9-14(23)6-15(24)10-30)29-21(28-19)31-11-16(25)7-18(31)8-22/h2-5,14-16,18H,6-11,22-25H2,1H3,(H,26,27,28,29)/t14-,15+,16-,18-/m0/s1. The van der Waals surface area contributed by atoms with Gasteiger partial charge in [0.15, 0.2) is 5.78 Å². The lowest BCUT2D eigenvalue weighted by Crippen LogP contribution is -2.53. The van der Waals surface area contributed by atoms with E-state index < -0.39 is 0 Å². The summed E-state index contributed by atoms with van der Waals surface area (Å²) in [6.45, 7) is 3.85. The number of nitrogens with one attached hydrogen (secondary N) is 1. The molecule has 9 N–H and O–H groups in total. The fraction of sp³-hybridized carbons (Fsp3) is 0.524. The predicted octanol–water partition coefficient (Wildman–Crippen LogP) is -0.453. The van der Waals surface area contributed by atoms with Crippen molar-refractivity contribution in [2.24, 2.45) is 22.9 Å².